The fourth-order valence-corrected chi connectivity index (χ4v) is 1.46. The Morgan fingerprint density at radius 2 is 2.20 bits per heavy atom. The van der Waals surface area contributed by atoms with Gasteiger partial charge >= 0.3 is 0 Å². The quantitative estimate of drug-likeness (QED) is 0.910. The van der Waals surface area contributed by atoms with E-state index in [1.807, 2.05) is 18.2 Å². The second kappa shape index (κ2) is 4.27. The lowest BCUT2D eigenvalue weighted by atomic mass is 10.3. The summed E-state index contributed by atoms with van der Waals surface area (Å²) in [5, 5.41) is 2.69. The first-order valence-electron chi connectivity index (χ1n) is 4.22. The molecule has 0 unspecified atom stereocenters. The first-order valence-corrected chi connectivity index (χ1v) is 5.01. The zero-order valence-electron chi connectivity index (χ0n) is 7.61. The summed E-state index contributed by atoms with van der Waals surface area (Å²) in [5.74, 6) is -0.134. The number of para-hydroxylation sites is 1. The van der Waals surface area contributed by atoms with Crippen molar-refractivity contribution >= 4 is 27.5 Å². The average molecular weight is 267 g/mol. The highest BCUT2D eigenvalue weighted by Gasteiger charge is 2.10. The van der Waals surface area contributed by atoms with Crippen LogP contribution in [0.25, 0.3) is 0 Å². The molecule has 0 aliphatic rings. The minimum atomic E-state index is -0.320. The molecule has 76 valence electrons. The molecule has 15 heavy (non-hydrogen) atoms. The van der Waals surface area contributed by atoms with Crippen LogP contribution in [-0.4, -0.2) is 10.9 Å². The molecule has 0 spiro atoms. The number of amides is 1. The topological polar surface area (TPSA) is 55.1 Å². The van der Waals surface area contributed by atoms with Crippen LogP contribution in [0.3, 0.4) is 0 Å². The molecule has 0 aliphatic heterocycles. The highest BCUT2D eigenvalue weighted by atomic mass is 79.9. The minimum Gasteiger partial charge on any atom is -0.438 e. The van der Waals surface area contributed by atoms with E-state index in [1.54, 1.807) is 6.07 Å². The first-order chi connectivity index (χ1) is 7.27. The summed E-state index contributed by atoms with van der Waals surface area (Å²) in [4.78, 5) is 15.2. The number of carbonyl (C=O) groups excluding carboxylic acids is 1. The van der Waals surface area contributed by atoms with Gasteiger partial charge in [0.05, 0.1) is 11.9 Å². The van der Waals surface area contributed by atoms with Crippen molar-refractivity contribution in [3.8, 4) is 0 Å². The molecule has 2 rings (SSSR count). The summed E-state index contributed by atoms with van der Waals surface area (Å²) < 4.78 is 5.69. The lowest BCUT2D eigenvalue weighted by Crippen LogP contribution is -2.11. The lowest BCUT2D eigenvalue weighted by Gasteiger charge is -2.04. The Bertz CT molecular complexity index is 468. The van der Waals surface area contributed by atoms with Gasteiger partial charge in [-0.3, -0.25) is 4.79 Å². The fraction of sp³-hybridized carbons (Fsp3) is 0. The van der Waals surface area contributed by atoms with Crippen LogP contribution in [0.5, 0.6) is 0 Å². The predicted molar refractivity (Wildman–Crippen MR) is 58.6 cm³/mol. The van der Waals surface area contributed by atoms with E-state index in [0.29, 0.717) is 5.69 Å². The Labute approximate surface area is 94.4 Å². The largest absolute Gasteiger partial charge is 0.438 e. The van der Waals surface area contributed by atoms with Crippen LogP contribution in [0.2, 0.25) is 0 Å². The van der Waals surface area contributed by atoms with Crippen molar-refractivity contribution in [1.29, 1.82) is 0 Å². The number of halogens is 1. The van der Waals surface area contributed by atoms with Crippen molar-refractivity contribution in [2.45, 2.75) is 0 Å². The second-order valence-electron chi connectivity index (χ2n) is 2.80. The maximum atomic E-state index is 11.6. The SMILES string of the molecule is O=C(Nc1ccccc1Br)c1cnco1. The smallest absolute Gasteiger partial charge is 0.293 e. The molecule has 5 heteroatoms. The van der Waals surface area contributed by atoms with Gasteiger partial charge in [0.2, 0.25) is 5.76 Å². The van der Waals surface area contributed by atoms with E-state index in [2.05, 4.69) is 26.2 Å². The van der Waals surface area contributed by atoms with Crippen molar-refractivity contribution in [3.05, 3.63) is 47.1 Å². The molecular weight excluding hydrogens is 260 g/mol. The number of carbonyl (C=O) groups is 1. The normalized spacial score (nSPS) is 9.93. The molecule has 1 aromatic carbocycles. The highest BCUT2D eigenvalue weighted by molar-refractivity contribution is 9.10. The molecule has 1 N–H and O–H groups in total. The zero-order chi connectivity index (χ0) is 10.7. The lowest BCUT2D eigenvalue weighted by molar-refractivity contribution is 0.0996. The van der Waals surface area contributed by atoms with E-state index in [1.165, 1.54) is 12.6 Å². The number of rotatable bonds is 2. The van der Waals surface area contributed by atoms with Crippen molar-refractivity contribution in [1.82, 2.24) is 4.98 Å². The Morgan fingerprint density at radius 1 is 1.40 bits per heavy atom. The summed E-state index contributed by atoms with van der Waals surface area (Å²) >= 11 is 3.33. The Hall–Kier alpha value is -1.62. The molecule has 0 radical (unpaired) electrons. The van der Waals surface area contributed by atoms with Crippen molar-refractivity contribution in [3.63, 3.8) is 0 Å². The maximum Gasteiger partial charge on any atom is 0.293 e. The number of hydrogen-bond donors (Lipinski definition) is 1. The van der Waals surface area contributed by atoms with E-state index >= 15 is 0 Å². The number of anilines is 1. The molecule has 1 aromatic heterocycles. The molecule has 1 heterocycles. The van der Waals surface area contributed by atoms with Crippen LogP contribution in [0.4, 0.5) is 5.69 Å². The Balaban J connectivity index is 2.17. The van der Waals surface area contributed by atoms with Crippen molar-refractivity contribution in [2.24, 2.45) is 0 Å². The third kappa shape index (κ3) is 2.24. The number of nitrogens with one attached hydrogen (secondary N) is 1. The zero-order valence-corrected chi connectivity index (χ0v) is 9.19. The van der Waals surface area contributed by atoms with Gasteiger partial charge < -0.3 is 9.73 Å². The third-order valence-corrected chi connectivity index (χ3v) is 2.47. The number of hydrogen-bond acceptors (Lipinski definition) is 3. The maximum absolute atomic E-state index is 11.6. The van der Waals surface area contributed by atoms with E-state index in [-0.39, 0.29) is 11.7 Å². The summed E-state index contributed by atoms with van der Waals surface area (Å²) in [6.45, 7) is 0. The van der Waals surface area contributed by atoms with Crippen LogP contribution in [0.15, 0.2) is 45.7 Å². The van der Waals surface area contributed by atoms with Gasteiger partial charge in [-0.25, -0.2) is 4.98 Å². The van der Waals surface area contributed by atoms with Gasteiger partial charge in [0.25, 0.3) is 5.91 Å². The van der Waals surface area contributed by atoms with E-state index in [4.69, 9.17) is 4.42 Å². The standard InChI is InChI=1S/C10H7BrN2O2/c11-7-3-1-2-4-8(7)13-10(14)9-5-12-6-15-9/h1-6H,(H,13,14). The van der Waals surface area contributed by atoms with Gasteiger partial charge in [-0.2, -0.15) is 0 Å². The molecule has 2 aromatic rings. The van der Waals surface area contributed by atoms with Crippen LogP contribution in [0, 0.1) is 0 Å². The van der Waals surface area contributed by atoms with Gasteiger partial charge in [-0.15, -0.1) is 0 Å². The molecule has 0 saturated carbocycles. The van der Waals surface area contributed by atoms with Gasteiger partial charge in [0.1, 0.15) is 0 Å². The van der Waals surface area contributed by atoms with Crippen LogP contribution >= 0.6 is 15.9 Å². The van der Waals surface area contributed by atoms with Crippen molar-refractivity contribution < 1.29 is 9.21 Å². The first kappa shape index (κ1) is 9.92. The Morgan fingerprint density at radius 3 is 2.87 bits per heavy atom. The number of nitrogens with zero attached hydrogens (tertiary/aromatic N) is 1. The highest BCUT2D eigenvalue weighted by Crippen LogP contribution is 2.21. The Kier molecular flexibility index (Phi) is 2.82. The average Bonchev–Trinajstić information content (AvgIpc) is 2.74. The molecule has 0 fully saturated rings. The van der Waals surface area contributed by atoms with Gasteiger partial charge in [-0.05, 0) is 28.1 Å². The van der Waals surface area contributed by atoms with Crippen LogP contribution in [-0.2, 0) is 0 Å². The van der Waals surface area contributed by atoms with E-state index in [9.17, 15) is 4.79 Å². The molecule has 0 aliphatic carbocycles. The molecule has 0 atom stereocenters. The van der Waals surface area contributed by atoms with E-state index in [0.717, 1.165) is 4.47 Å². The summed E-state index contributed by atoms with van der Waals surface area (Å²) in [7, 11) is 0. The molecule has 0 saturated heterocycles. The molecule has 0 bridgehead atoms. The van der Waals surface area contributed by atoms with Gasteiger partial charge in [0.15, 0.2) is 6.39 Å². The number of aromatic nitrogens is 1. The summed E-state index contributed by atoms with van der Waals surface area (Å²) in [6.07, 6.45) is 2.58. The van der Waals surface area contributed by atoms with Crippen LogP contribution in [0.1, 0.15) is 10.6 Å². The molecule has 1 amide bonds. The fourth-order valence-electron chi connectivity index (χ4n) is 1.07. The van der Waals surface area contributed by atoms with Gasteiger partial charge in [0, 0.05) is 4.47 Å². The molecular formula is C10H7BrN2O2. The third-order valence-electron chi connectivity index (χ3n) is 1.78. The minimum absolute atomic E-state index is 0.186. The summed E-state index contributed by atoms with van der Waals surface area (Å²) in [6, 6.07) is 7.34. The van der Waals surface area contributed by atoms with Gasteiger partial charge in [-0.1, -0.05) is 12.1 Å². The van der Waals surface area contributed by atoms with E-state index < -0.39 is 0 Å². The monoisotopic (exact) mass is 266 g/mol. The van der Waals surface area contributed by atoms with Crippen molar-refractivity contribution in [2.75, 3.05) is 5.32 Å². The predicted octanol–water partition coefficient (Wildman–Crippen LogP) is 2.69. The summed E-state index contributed by atoms with van der Waals surface area (Å²) in [5.41, 5.74) is 0.693. The number of benzene rings is 1. The number of oxazole rings is 1. The second-order valence-corrected chi connectivity index (χ2v) is 3.65. The van der Waals surface area contributed by atoms with Crippen LogP contribution < -0.4 is 5.32 Å². The molecule has 4 nitrogen and oxygen atoms in total.